The molecule has 1 aromatic rings. The van der Waals surface area contributed by atoms with Gasteiger partial charge in [-0.25, -0.2) is 8.42 Å². The molecule has 6 heteroatoms. The third-order valence-electron chi connectivity index (χ3n) is 1.89. The van der Waals surface area contributed by atoms with Gasteiger partial charge in [0.15, 0.2) is 0 Å². The molecule has 0 amide bonds. The molecule has 0 atom stereocenters. The topological polar surface area (TPSA) is 64.0 Å². The molecular weight excluding hydrogens is 202 g/mol. The minimum absolute atomic E-state index is 0.442. The van der Waals surface area contributed by atoms with Crippen LogP contribution in [0.2, 0.25) is 0 Å². The van der Waals surface area contributed by atoms with Crippen molar-refractivity contribution in [3.05, 3.63) is 11.9 Å². The number of rotatable bonds is 3. The van der Waals surface area contributed by atoms with Crippen LogP contribution < -0.4 is 4.72 Å². The molecule has 0 aliphatic rings. The zero-order valence-corrected chi connectivity index (χ0v) is 9.59. The number of hydrogen-bond acceptors (Lipinski definition) is 3. The summed E-state index contributed by atoms with van der Waals surface area (Å²) in [6.45, 7) is 5.03. The van der Waals surface area contributed by atoms with Crippen molar-refractivity contribution in [1.82, 2.24) is 9.78 Å². The highest BCUT2D eigenvalue weighted by Crippen LogP contribution is 2.15. The van der Waals surface area contributed by atoms with Crippen LogP contribution in [0.25, 0.3) is 0 Å². The summed E-state index contributed by atoms with van der Waals surface area (Å²) in [5.74, 6) is 0. The maximum atomic E-state index is 11.5. The normalized spacial score (nSPS) is 12.1. The van der Waals surface area contributed by atoms with Gasteiger partial charge in [-0.1, -0.05) is 0 Å². The Morgan fingerprint density at radius 1 is 1.50 bits per heavy atom. The number of aromatic nitrogens is 2. The van der Waals surface area contributed by atoms with Gasteiger partial charge >= 0.3 is 0 Å². The molecule has 0 radical (unpaired) electrons. The molecule has 1 aromatic heterocycles. The molecule has 0 aliphatic carbocycles. The fourth-order valence-electron chi connectivity index (χ4n) is 0.971. The molecule has 0 saturated carbocycles. The first kappa shape index (κ1) is 11.0. The molecule has 1 N–H and O–H groups in total. The van der Waals surface area contributed by atoms with E-state index in [1.165, 1.54) is 0 Å². The van der Waals surface area contributed by atoms with Crippen LogP contribution in [0.4, 0.5) is 5.69 Å². The van der Waals surface area contributed by atoms with Crippen LogP contribution in [0.15, 0.2) is 6.20 Å². The van der Waals surface area contributed by atoms with Gasteiger partial charge in [-0.3, -0.25) is 9.40 Å². The Labute approximate surface area is 84.2 Å². The molecule has 1 rings (SSSR count). The minimum atomic E-state index is -3.26. The SMILES string of the molecule is Cc1nn(C)cc1NS(=O)(=O)C(C)C. The molecule has 0 fully saturated rings. The number of anilines is 1. The van der Waals surface area contributed by atoms with E-state index in [1.54, 1.807) is 38.7 Å². The Hall–Kier alpha value is -1.04. The number of aryl methyl sites for hydroxylation is 2. The standard InChI is InChI=1S/C8H15N3O2S/c1-6(2)14(12,13)10-8-5-11(4)9-7(8)3/h5-6,10H,1-4H3. The van der Waals surface area contributed by atoms with Crippen molar-refractivity contribution in [2.45, 2.75) is 26.0 Å². The van der Waals surface area contributed by atoms with E-state index in [1.807, 2.05) is 0 Å². The molecule has 0 aliphatic heterocycles. The molecule has 80 valence electrons. The van der Waals surface area contributed by atoms with E-state index in [-0.39, 0.29) is 0 Å². The highest BCUT2D eigenvalue weighted by molar-refractivity contribution is 7.93. The molecule has 0 spiro atoms. The molecular formula is C8H15N3O2S. The summed E-state index contributed by atoms with van der Waals surface area (Å²) in [6.07, 6.45) is 1.65. The molecule has 14 heavy (non-hydrogen) atoms. The van der Waals surface area contributed by atoms with Crippen LogP contribution in [0, 0.1) is 6.92 Å². The Morgan fingerprint density at radius 2 is 2.07 bits per heavy atom. The first-order valence-electron chi connectivity index (χ1n) is 4.35. The van der Waals surface area contributed by atoms with Gasteiger partial charge in [0.2, 0.25) is 10.0 Å². The van der Waals surface area contributed by atoms with Crippen molar-refractivity contribution < 1.29 is 8.42 Å². The third kappa shape index (κ3) is 2.25. The molecule has 5 nitrogen and oxygen atoms in total. The first-order valence-corrected chi connectivity index (χ1v) is 5.89. The van der Waals surface area contributed by atoms with E-state index in [4.69, 9.17) is 0 Å². The minimum Gasteiger partial charge on any atom is -0.280 e. The predicted octanol–water partition coefficient (Wildman–Crippen LogP) is 0.879. The van der Waals surface area contributed by atoms with Crippen LogP contribution >= 0.6 is 0 Å². The van der Waals surface area contributed by atoms with Crippen molar-refractivity contribution in [2.24, 2.45) is 7.05 Å². The lowest BCUT2D eigenvalue weighted by Gasteiger charge is -2.08. The van der Waals surface area contributed by atoms with Crippen molar-refractivity contribution in [3.8, 4) is 0 Å². The lowest BCUT2D eigenvalue weighted by molar-refractivity contribution is 0.592. The quantitative estimate of drug-likeness (QED) is 0.817. The lowest BCUT2D eigenvalue weighted by atomic mass is 10.4. The van der Waals surface area contributed by atoms with Crippen molar-refractivity contribution >= 4 is 15.7 Å². The average Bonchev–Trinajstić information content (AvgIpc) is 2.29. The molecule has 0 saturated heterocycles. The largest absolute Gasteiger partial charge is 0.280 e. The van der Waals surface area contributed by atoms with Crippen LogP contribution in [-0.4, -0.2) is 23.4 Å². The van der Waals surface area contributed by atoms with E-state index in [9.17, 15) is 8.42 Å². The smallest absolute Gasteiger partial charge is 0.235 e. The van der Waals surface area contributed by atoms with Crippen molar-refractivity contribution in [3.63, 3.8) is 0 Å². The van der Waals surface area contributed by atoms with E-state index in [2.05, 4.69) is 9.82 Å². The van der Waals surface area contributed by atoms with Gasteiger partial charge in [-0.05, 0) is 20.8 Å². The summed E-state index contributed by atoms with van der Waals surface area (Å²) in [6, 6.07) is 0. The van der Waals surface area contributed by atoms with Gasteiger partial charge in [0.05, 0.1) is 16.6 Å². The molecule has 0 aromatic carbocycles. The fourth-order valence-corrected chi connectivity index (χ4v) is 1.71. The monoisotopic (exact) mass is 217 g/mol. The van der Waals surface area contributed by atoms with Gasteiger partial charge < -0.3 is 0 Å². The summed E-state index contributed by atoms with van der Waals surface area (Å²) < 4.78 is 27.1. The second-order valence-corrected chi connectivity index (χ2v) is 5.73. The van der Waals surface area contributed by atoms with Crippen LogP contribution in [0.3, 0.4) is 0 Å². The number of nitrogens with zero attached hydrogens (tertiary/aromatic N) is 2. The Morgan fingerprint density at radius 3 is 2.43 bits per heavy atom. The van der Waals surface area contributed by atoms with Gasteiger partial charge in [-0.2, -0.15) is 5.10 Å². The number of sulfonamides is 1. The summed E-state index contributed by atoms with van der Waals surface area (Å²) in [5, 5.41) is 3.60. The van der Waals surface area contributed by atoms with Gasteiger partial charge in [-0.15, -0.1) is 0 Å². The zero-order chi connectivity index (χ0) is 10.9. The summed E-state index contributed by atoms with van der Waals surface area (Å²) >= 11 is 0. The zero-order valence-electron chi connectivity index (χ0n) is 8.77. The van der Waals surface area contributed by atoms with Crippen LogP contribution in [-0.2, 0) is 17.1 Å². The van der Waals surface area contributed by atoms with Crippen molar-refractivity contribution in [1.29, 1.82) is 0 Å². The Kier molecular flexibility index (Phi) is 2.84. The molecule has 0 unspecified atom stereocenters. The van der Waals surface area contributed by atoms with E-state index in [0.29, 0.717) is 11.4 Å². The summed E-state index contributed by atoms with van der Waals surface area (Å²) in [7, 11) is -1.51. The van der Waals surface area contributed by atoms with Gasteiger partial charge in [0, 0.05) is 13.2 Å². The predicted molar refractivity (Wildman–Crippen MR) is 55.6 cm³/mol. The van der Waals surface area contributed by atoms with Gasteiger partial charge in [0.25, 0.3) is 0 Å². The number of nitrogens with one attached hydrogen (secondary N) is 1. The first-order chi connectivity index (χ1) is 6.33. The van der Waals surface area contributed by atoms with Gasteiger partial charge in [0.1, 0.15) is 0 Å². The maximum Gasteiger partial charge on any atom is 0.235 e. The van der Waals surface area contributed by atoms with Crippen LogP contribution in [0.1, 0.15) is 19.5 Å². The third-order valence-corrected chi connectivity index (χ3v) is 3.63. The van der Waals surface area contributed by atoms with E-state index >= 15 is 0 Å². The van der Waals surface area contributed by atoms with E-state index < -0.39 is 15.3 Å². The Balaban J connectivity index is 2.95. The van der Waals surface area contributed by atoms with Crippen LogP contribution in [0.5, 0.6) is 0 Å². The number of hydrogen-bond donors (Lipinski definition) is 1. The summed E-state index contributed by atoms with van der Waals surface area (Å²) in [5.41, 5.74) is 1.22. The molecule has 1 heterocycles. The highest BCUT2D eigenvalue weighted by Gasteiger charge is 2.17. The molecule has 0 bridgehead atoms. The lowest BCUT2D eigenvalue weighted by Crippen LogP contribution is -2.22. The maximum absolute atomic E-state index is 11.5. The Bertz CT molecular complexity index is 420. The van der Waals surface area contributed by atoms with Crippen molar-refractivity contribution in [2.75, 3.05) is 4.72 Å². The summed E-state index contributed by atoms with van der Waals surface area (Å²) in [4.78, 5) is 0. The second-order valence-electron chi connectivity index (χ2n) is 3.50. The fraction of sp³-hybridized carbons (Fsp3) is 0.625. The average molecular weight is 217 g/mol. The second kappa shape index (κ2) is 3.61. The van der Waals surface area contributed by atoms with E-state index in [0.717, 1.165) is 0 Å². The highest BCUT2D eigenvalue weighted by atomic mass is 32.2.